The van der Waals surface area contributed by atoms with Gasteiger partial charge in [-0.1, -0.05) is 12.1 Å². The van der Waals surface area contributed by atoms with Crippen LogP contribution in [0.1, 0.15) is 43.0 Å². The number of Topliss-reactive ketones (excluding diaryl/α,β-unsaturated/α-hetero) is 1. The summed E-state index contributed by atoms with van der Waals surface area (Å²) in [6, 6.07) is 8.69. The zero-order valence-electron chi connectivity index (χ0n) is 13.0. The Morgan fingerprint density at radius 1 is 1.09 bits per heavy atom. The summed E-state index contributed by atoms with van der Waals surface area (Å²) in [4.78, 5) is 22.1. The molecular formula is C18H20O5. The molecule has 5 heteroatoms. The Bertz CT molecular complexity index is 721. The summed E-state index contributed by atoms with van der Waals surface area (Å²) >= 11 is 0. The lowest BCUT2D eigenvalue weighted by Crippen LogP contribution is -2.00. The maximum absolute atomic E-state index is 11.7. The van der Waals surface area contributed by atoms with E-state index in [9.17, 15) is 14.7 Å². The molecule has 0 saturated carbocycles. The molecule has 0 bridgehead atoms. The standard InChI is InChI=1S/C18H20O5/c1-12(19)18-15-11-14(8-6-13(15)7-9-16(18)20)23-10-4-2-3-5-17(21)22/h6-9,11,20H,2-5,10H2,1H3,(H,21,22). The van der Waals surface area contributed by atoms with Crippen molar-refractivity contribution in [3.05, 3.63) is 35.9 Å². The monoisotopic (exact) mass is 316 g/mol. The highest BCUT2D eigenvalue weighted by Gasteiger charge is 2.12. The summed E-state index contributed by atoms with van der Waals surface area (Å²) in [5, 5.41) is 20.0. The number of hydrogen-bond donors (Lipinski definition) is 2. The maximum atomic E-state index is 11.7. The van der Waals surface area contributed by atoms with E-state index in [1.807, 2.05) is 12.1 Å². The number of phenolic OH excluding ortho intramolecular Hbond substituents is 1. The molecule has 0 atom stereocenters. The number of hydrogen-bond acceptors (Lipinski definition) is 4. The van der Waals surface area contributed by atoms with Crippen molar-refractivity contribution in [1.29, 1.82) is 0 Å². The number of rotatable bonds is 8. The molecule has 0 heterocycles. The van der Waals surface area contributed by atoms with Crippen molar-refractivity contribution in [3.63, 3.8) is 0 Å². The van der Waals surface area contributed by atoms with Gasteiger partial charge in [-0.05, 0) is 55.2 Å². The number of phenols is 1. The van der Waals surface area contributed by atoms with Gasteiger partial charge in [-0.3, -0.25) is 9.59 Å². The maximum Gasteiger partial charge on any atom is 0.303 e. The number of carbonyl (C=O) groups excluding carboxylic acids is 1. The molecule has 0 fully saturated rings. The minimum atomic E-state index is -0.781. The van der Waals surface area contributed by atoms with Crippen LogP contribution in [0.25, 0.3) is 10.8 Å². The molecule has 0 aliphatic carbocycles. The van der Waals surface area contributed by atoms with Gasteiger partial charge in [0.15, 0.2) is 5.78 Å². The van der Waals surface area contributed by atoms with Crippen molar-refractivity contribution in [2.45, 2.75) is 32.6 Å². The number of fused-ring (bicyclic) bond motifs is 1. The van der Waals surface area contributed by atoms with Gasteiger partial charge in [0.05, 0.1) is 12.2 Å². The third-order valence-electron chi connectivity index (χ3n) is 3.63. The Kier molecular flexibility index (Phi) is 5.57. The topological polar surface area (TPSA) is 83.8 Å². The van der Waals surface area contributed by atoms with Gasteiger partial charge in [0, 0.05) is 6.42 Å². The highest BCUT2D eigenvalue weighted by Crippen LogP contribution is 2.30. The lowest BCUT2D eigenvalue weighted by atomic mass is 10.0. The molecule has 0 aliphatic heterocycles. The van der Waals surface area contributed by atoms with Crippen molar-refractivity contribution >= 4 is 22.5 Å². The normalized spacial score (nSPS) is 10.7. The van der Waals surface area contributed by atoms with E-state index in [0.29, 0.717) is 29.7 Å². The molecule has 122 valence electrons. The van der Waals surface area contributed by atoms with E-state index in [1.54, 1.807) is 12.1 Å². The van der Waals surface area contributed by atoms with Crippen LogP contribution in [0, 0.1) is 0 Å². The number of ketones is 1. The number of ether oxygens (including phenoxy) is 1. The fraction of sp³-hybridized carbons (Fsp3) is 0.333. The van der Waals surface area contributed by atoms with Crippen LogP contribution < -0.4 is 4.74 Å². The predicted molar refractivity (Wildman–Crippen MR) is 87.2 cm³/mol. The molecular weight excluding hydrogens is 296 g/mol. The van der Waals surface area contributed by atoms with Gasteiger partial charge in [-0.15, -0.1) is 0 Å². The number of benzene rings is 2. The number of carbonyl (C=O) groups is 2. The van der Waals surface area contributed by atoms with E-state index < -0.39 is 5.97 Å². The summed E-state index contributed by atoms with van der Waals surface area (Å²) in [5.74, 6) is -0.379. The van der Waals surface area contributed by atoms with Crippen LogP contribution in [-0.4, -0.2) is 28.6 Å². The summed E-state index contributed by atoms with van der Waals surface area (Å²) in [7, 11) is 0. The van der Waals surface area contributed by atoms with E-state index in [1.165, 1.54) is 13.0 Å². The zero-order chi connectivity index (χ0) is 16.8. The van der Waals surface area contributed by atoms with Gasteiger partial charge in [0.2, 0.25) is 0 Å². The number of unbranched alkanes of at least 4 members (excludes halogenated alkanes) is 2. The van der Waals surface area contributed by atoms with Crippen LogP contribution in [0.3, 0.4) is 0 Å². The highest BCUT2D eigenvalue weighted by molar-refractivity contribution is 6.09. The molecule has 0 amide bonds. The van der Waals surface area contributed by atoms with Gasteiger partial charge in [-0.2, -0.15) is 0 Å². The molecule has 5 nitrogen and oxygen atoms in total. The van der Waals surface area contributed by atoms with Crippen LogP contribution in [0.4, 0.5) is 0 Å². The minimum Gasteiger partial charge on any atom is -0.507 e. The Morgan fingerprint density at radius 2 is 1.83 bits per heavy atom. The molecule has 0 aromatic heterocycles. The molecule has 0 unspecified atom stereocenters. The van der Waals surface area contributed by atoms with E-state index in [2.05, 4.69) is 0 Å². The molecule has 0 spiro atoms. The second kappa shape index (κ2) is 7.63. The Hall–Kier alpha value is -2.56. The summed E-state index contributed by atoms with van der Waals surface area (Å²) in [6.45, 7) is 1.91. The predicted octanol–water partition coefficient (Wildman–Crippen LogP) is 3.77. The van der Waals surface area contributed by atoms with E-state index >= 15 is 0 Å². The van der Waals surface area contributed by atoms with Crippen LogP contribution in [0.5, 0.6) is 11.5 Å². The third-order valence-corrected chi connectivity index (χ3v) is 3.63. The van der Waals surface area contributed by atoms with Gasteiger partial charge >= 0.3 is 5.97 Å². The van der Waals surface area contributed by atoms with E-state index in [-0.39, 0.29) is 18.0 Å². The lowest BCUT2D eigenvalue weighted by Gasteiger charge is -2.10. The summed E-state index contributed by atoms with van der Waals surface area (Å²) in [5.41, 5.74) is 0.300. The molecule has 2 aromatic carbocycles. The average Bonchev–Trinajstić information content (AvgIpc) is 2.49. The van der Waals surface area contributed by atoms with Crippen LogP contribution in [0.2, 0.25) is 0 Å². The number of aromatic hydroxyl groups is 1. The van der Waals surface area contributed by atoms with Crippen molar-refractivity contribution in [3.8, 4) is 11.5 Å². The Balaban J connectivity index is 2.03. The fourth-order valence-electron chi connectivity index (χ4n) is 2.49. The fourth-order valence-corrected chi connectivity index (χ4v) is 2.49. The van der Waals surface area contributed by atoms with Crippen LogP contribution in [0.15, 0.2) is 30.3 Å². The molecule has 2 rings (SSSR count). The molecule has 2 aromatic rings. The summed E-state index contributed by atoms with van der Waals surface area (Å²) < 4.78 is 5.66. The number of carboxylic acids is 1. The lowest BCUT2D eigenvalue weighted by molar-refractivity contribution is -0.137. The third kappa shape index (κ3) is 4.45. The van der Waals surface area contributed by atoms with Gasteiger partial charge < -0.3 is 14.9 Å². The first-order chi connectivity index (χ1) is 11.0. The first-order valence-electron chi connectivity index (χ1n) is 7.60. The van der Waals surface area contributed by atoms with Crippen molar-refractivity contribution in [2.75, 3.05) is 6.61 Å². The largest absolute Gasteiger partial charge is 0.507 e. The molecule has 0 saturated heterocycles. The van der Waals surface area contributed by atoms with Gasteiger partial charge in [0.25, 0.3) is 0 Å². The quantitative estimate of drug-likeness (QED) is 0.572. The van der Waals surface area contributed by atoms with Crippen LogP contribution >= 0.6 is 0 Å². The first-order valence-corrected chi connectivity index (χ1v) is 7.60. The van der Waals surface area contributed by atoms with E-state index in [4.69, 9.17) is 9.84 Å². The van der Waals surface area contributed by atoms with E-state index in [0.717, 1.165) is 18.2 Å². The number of aliphatic carboxylic acids is 1. The summed E-state index contributed by atoms with van der Waals surface area (Å²) in [6.07, 6.45) is 2.38. The highest BCUT2D eigenvalue weighted by atomic mass is 16.5. The van der Waals surface area contributed by atoms with Crippen molar-refractivity contribution < 1.29 is 24.5 Å². The zero-order valence-corrected chi connectivity index (χ0v) is 13.0. The molecule has 23 heavy (non-hydrogen) atoms. The van der Waals surface area contributed by atoms with Gasteiger partial charge in [-0.25, -0.2) is 0 Å². The molecule has 0 aliphatic rings. The van der Waals surface area contributed by atoms with Gasteiger partial charge in [0.1, 0.15) is 11.5 Å². The van der Waals surface area contributed by atoms with Crippen molar-refractivity contribution in [2.24, 2.45) is 0 Å². The minimum absolute atomic E-state index is 0.0316. The van der Waals surface area contributed by atoms with Crippen molar-refractivity contribution in [1.82, 2.24) is 0 Å². The second-order valence-electron chi connectivity index (χ2n) is 5.45. The molecule has 2 N–H and O–H groups in total. The SMILES string of the molecule is CC(=O)c1c(O)ccc2ccc(OCCCCCC(=O)O)cc12. The first kappa shape index (κ1) is 16.8. The smallest absolute Gasteiger partial charge is 0.303 e. The van der Waals surface area contributed by atoms with Crippen LogP contribution in [-0.2, 0) is 4.79 Å². The number of carboxylic acid groups (broad SMARTS) is 1. The average molecular weight is 316 g/mol. The molecule has 0 radical (unpaired) electrons. The second-order valence-corrected chi connectivity index (χ2v) is 5.45. The Labute approximate surface area is 134 Å². The Morgan fingerprint density at radius 3 is 2.52 bits per heavy atom.